The zero-order valence-corrected chi connectivity index (χ0v) is 13.4. The Kier molecular flexibility index (Phi) is 6.02. The van der Waals surface area contributed by atoms with E-state index in [0.29, 0.717) is 6.42 Å². The summed E-state index contributed by atoms with van der Waals surface area (Å²) in [7, 11) is -2.00. The van der Waals surface area contributed by atoms with Gasteiger partial charge in [0.2, 0.25) is 0 Å². The molecule has 0 spiro atoms. The molecule has 0 fully saturated rings. The SMILES string of the molecule is CC[C@](C)(N[S@@](=O)C(C)(C)C)P(=O)(OC)OC. The maximum atomic E-state index is 12.4. The van der Waals surface area contributed by atoms with E-state index in [0.717, 1.165) is 0 Å². The van der Waals surface area contributed by atoms with Gasteiger partial charge in [-0.25, -0.2) is 8.93 Å². The molecule has 17 heavy (non-hydrogen) atoms. The van der Waals surface area contributed by atoms with Gasteiger partial charge in [-0.2, -0.15) is 0 Å². The fraction of sp³-hybridized carbons (Fsp3) is 1.00. The van der Waals surface area contributed by atoms with Crippen molar-refractivity contribution in [2.75, 3.05) is 14.2 Å². The molecule has 0 radical (unpaired) electrons. The van der Waals surface area contributed by atoms with E-state index in [4.69, 9.17) is 9.05 Å². The minimum atomic E-state index is -3.33. The number of nitrogens with one attached hydrogen (secondary N) is 1. The highest BCUT2D eigenvalue weighted by atomic mass is 32.2. The van der Waals surface area contributed by atoms with Crippen LogP contribution in [0.3, 0.4) is 0 Å². The average Bonchev–Trinajstić information content (AvgIpc) is 2.26. The van der Waals surface area contributed by atoms with Crippen molar-refractivity contribution in [3.05, 3.63) is 0 Å². The first kappa shape index (κ1) is 17.3. The molecule has 1 N–H and O–H groups in total. The van der Waals surface area contributed by atoms with Gasteiger partial charge in [-0.15, -0.1) is 0 Å². The second-order valence-corrected chi connectivity index (χ2v) is 9.65. The van der Waals surface area contributed by atoms with Crippen LogP contribution < -0.4 is 4.72 Å². The predicted octanol–water partition coefficient (Wildman–Crippen LogP) is 2.65. The predicted molar refractivity (Wildman–Crippen MR) is 71.4 cm³/mol. The number of hydrogen-bond acceptors (Lipinski definition) is 4. The maximum Gasteiger partial charge on any atom is 0.350 e. The lowest BCUT2D eigenvalue weighted by Crippen LogP contribution is -2.48. The largest absolute Gasteiger partial charge is 0.350 e. The summed E-state index contributed by atoms with van der Waals surface area (Å²) < 4.78 is 36.9. The molecule has 0 aromatic heterocycles. The molecule has 7 heteroatoms. The molecule has 2 atom stereocenters. The van der Waals surface area contributed by atoms with Crippen molar-refractivity contribution in [3.63, 3.8) is 0 Å². The zero-order valence-electron chi connectivity index (χ0n) is 11.7. The molecule has 0 saturated carbocycles. The third-order valence-corrected chi connectivity index (χ3v) is 7.14. The van der Waals surface area contributed by atoms with Crippen molar-refractivity contribution in [3.8, 4) is 0 Å². The molecular weight excluding hydrogens is 261 g/mol. The molecule has 0 saturated heterocycles. The molecule has 0 aromatic rings. The quantitative estimate of drug-likeness (QED) is 0.762. The summed E-state index contributed by atoms with van der Waals surface area (Å²) in [5, 5.41) is -0.964. The smallest absolute Gasteiger partial charge is 0.311 e. The monoisotopic (exact) mass is 285 g/mol. The molecule has 5 nitrogen and oxygen atoms in total. The van der Waals surface area contributed by atoms with Crippen LogP contribution in [0.4, 0.5) is 0 Å². The lowest BCUT2D eigenvalue weighted by atomic mass is 10.3. The molecule has 0 amide bonds. The molecule has 0 aliphatic heterocycles. The summed E-state index contributed by atoms with van der Waals surface area (Å²) in [5.74, 6) is 0. The van der Waals surface area contributed by atoms with Crippen molar-refractivity contribution in [1.29, 1.82) is 0 Å². The van der Waals surface area contributed by atoms with E-state index >= 15 is 0 Å². The van der Waals surface area contributed by atoms with Gasteiger partial charge in [-0.1, -0.05) is 6.92 Å². The molecule has 0 aromatic carbocycles. The van der Waals surface area contributed by atoms with E-state index in [1.165, 1.54) is 14.2 Å². The number of hydrogen-bond donors (Lipinski definition) is 1. The van der Waals surface area contributed by atoms with Crippen molar-refractivity contribution >= 4 is 18.6 Å². The van der Waals surface area contributed by atoms with Gasteiger partial charge in [-0.05, 0) is 34.1 Å². The van der Waals surface area contributed by atoms with Crippen LogP contribution in [-0.2, 0) is 24.6 Å². The van der Waals surface area contributed by atoms with Gasteiger partial charge in [0, 0.05) is 14.2 Å². The van der Waals surface area contributed by atoms with Crippen LogP contribution in [0.25, 0.3) is 0 Å². The topological polar surface area (TPSA) is 64.6 Å². The van der Waals surface area contributed by atoms with Crippen LogP contribution >= 0.6 is 7.60 Å². The Balaban J connectivity index is 5.19. The maximum absolute atomic E-state index is 12.4. The van der Waals surface area contributed by atoms with Gasteiger partial charge < -0.3 is 9.05 Å². The fourth-order valence-corrected chi connectivity index (χ4v) is 4.04. The Bertz CT molecular complexity index is 321. The van der Waals surface area contributed by atoms with E-state index in [9.17, 15) is 8.77 Å². The van der Waals surface area contributed by atoms with Crippen LogP contribution in [0.5, 0.6) is 0 Å². The minimum Gasteiger partial charge on any atom is -0.311 e. The Morgan fingerprint density at radius 3 is 1.82 bits per heavy atom. The van der Waals surface area contributed by atoms with E-state index < -0.39 is 28.6 Å². The highest BCUT2D eigenvalue weighted by Crippen LogP contribution is 2.59. The van der Waals surface area contributed by atoms with Gasteiger partial charge >= 0.3 is 7.60 Å². The van der Waals surface area contributed by atoms with E-state index in [1.807, 2.05) is 27.7 Å². The van der Waals surface area contributed by atoms with Crippen LogP contribution in [0.15, 0.2) is 0 Å². The summed E-state index contributed by atoms with van der Waals surface area (Å²) >= 11 is 0. The van der Waals surface area contributed by atoms with Crippen LogP contribution in [0.2, 0.25) is 0 Å². The third kappa shape index (κ3) is 3.86. The summed E-state index contributed by atoms with van der Waals surface area (Å²) in [6.45, 7) is 9.08. The van der Waals surface area contributed by atoms with Crippen molar-refractivity contribution < 1.29 is 17.8 Å². The molecule has 0 aliphatic rings. The summed E-state index contributed by atoms with van der Waals surface area (Å²) in [5.41, 5.74) is 0. The third-order valence-electron chi connectivity index (χ3n) is 2.64. The summed E-state index contributed by atoms with van der Waals surface area (Å²) in [4.78, 5) is 0. The lowest BCUT2D eigenvalue weighted by molar-refractivity contribution is 0.241. The molecular formula is C10H24NO4PS. The average molecular weight is 285 g/mol. The number of rotatable bonds is 6. The van der Waals surface area contributed by atoms with Gasteiger partial charge in [0.25, 0.3) is 0 Å². The summed E-state index contributed by atoms with van der Waals surface area (Å²) in [6, 6.07) is 0. The molecule has 0 aliphatic carbocycles. The second kappa shape index (κ2) is 5.93. The first-order chi connectivity index (χ1) is 7.56. The van der Waals surface area contributed by atoms with E-state index in [1.54, 1.807) is 6.92 Å². The van der Waals surface area contributed by atoms with Gasteiger partial charge in [-0.3, -0.25) is 4.57 Å². The Hall–Kier alpha value is 0.260. The van der Waals surface area contributed by atoms with Crippen LogP contribution in [0, 0.1) is 0 Å². The van der Waals surface area contributed by atoms with Crippen LogP contribution in [-0.4, -0.2) is 28.5 Å². The van der Waals surface area contributed by atoms with Crippen molar-refractivity contribution in [2.24, 2.45) is 0 Å². The van der Waals surface area contributed by atoms with Crippen molar-refractivity contribution in [1.82, 2.24) is 4.72 Å². The molecule has 104 valence electrons. The first-order valence-corrected chi connectivity index (χ1v) is 8.17. The summed E-state index contributed by atoms with van der Waals surface area (Å²) in [6.07, 6.45) is 0.480. The standard InChI is InChI=1S/C10H24NO4PS/c1-8-10(5,16(12,14-6)15-7)11-17(13)9(2,3)4/h11H,8H2,1-7H3/t10-,17+/m1/s1. The zero-order chi connectivity index (χ0) is 13.9. The fourth-order valence-electron chi connectivity index (χ4n) is 1.15. The van der Waals surface area contributed by atoms with Crippen molar-refractivity contribution in [2.45, 2.75) is 51.1 Å². The minimum absolute atomic E-state index is 0.442. The lowest BCUT2D eigenvalue weighted by Gasteiger charge is -2.36. The van der Waals surface area contributed by atoms with Gasteiger partial charge in [0.15, 0.2) is 0 Å². The molecule has 0 heterocycles. The molecule has 0 rings (SSSR count). The van der Waals surface area contributed by atoms with Crippen LogP contribution in [0.1, 0.15) is 41.0 Å². The highest BCUT2D eigenvalue weighted by Gasteiger charge is 2.47. The Morgan fingerprint density at radius 1 is 1.18 bits per heavy atom. The Morgan fingerprint density at radius 2 is 1.59 bits per heavy atom. The van der Waals surface area contributed by atoms with Gasteiger partial charge in [0.1, 0.15) is 5.28 Å². The van der Waals surface area contributed by atoms with Gasteiger partial charge in [0.05, 0.1) is 15.7 Å². The second-order valence-electron chi connectivity index (χ2n) is 4.97. The molecule has 0 bridgehead atoms. The molecule has 0 unspecified atom stereocenters. The Labute approximate surface area is 107 Å². The normalized spacial score (nSPS) is 18.8. The highest BCUT2D eigenvalue weighted by molar-refractivity contribution is 7.84. The van der Waals surface area contributed by atoms with E-state index in [-0.39, 0.29) is 0 Å². The van der Waals surface area contributed by atoms with E-state index in [2.05, 4.69) is 4.72 Å². The first-order valence-electron chi connectivity index (χ1n) is 5.47.